The van der Waals surface area contributed by atoms with Crippen LogP contribution in [0.1, 0.15) is 5.69 Å². The second kappa shape index (κ2) is 9.88. The largest absolute Gasteiger partial charge is 0.433 e. The molecule has 4 heterocycles. The number of nitrogens with one attached hydrogen (secondary N) is 1. The number of aromatic nitrogens is 4. The number of anilines is 4. The van der Waals surface area contributed by atoms with Gasteiger partial charge in [0.1, 0.15) is 11.5 Å². The van der Waals surface area contributed by atoms with Gasteiger partial charge in [-0.2, -0.15) is 18.2 Å². The highest BCUT2D eigenvalue weighted by molar-refractivity contribution is 5.94. The zero-order chi connectivity index (χ0) is 28.0. The number of pyridine rings is 2. The van der Waals surface area contributed by atoms with Gasteiger partial charge in [-0.1, -0.05) is 36.4 Å². The summed E-state index contributed by atoms with van der Waals surface area (Å²) < 4.78 is 40.9. The van der Waals surface area contributed by atoms with Gasteiger partial charge in [0.05, 0.1) is 16.6 Å². The summed E-state index contributed by atoms with van der Waals surface area (Å²) >= 11 is 0. The molecule has 0 atom stereocenters. The van der Waals surface area contributed by atoms with E-state index in [2.05, 4.69) is 20.2 Å². The minimum Gasteiger partial charge on any atom is -0.367 e. The third kappa shape index (κ3) is 4.82. The number of nitrogens with zero attached hydrogens (tertiary/aromatic N) is 6. The van der Waals surface area contributed by atoms with Crippen LogP contribution in [0.15, 0.2) is 91.1 Å². The van der Waals surface area contributed by atoms with E-state index in [9.17, 15) is 13.2 Å². The summed E-state index contributed by atoms with van der Waals surface area (Å²) in [6.45, 7) is 2.14. The van der Waals surface area contributed by atoms with E-state index in [1.54, 1.807) is 18.3 Å². The van der Waals surface area contributed by atoms with Crippen LogP contribution in [0, 0.1) is 0 Å². The lowest BCUT2D eigenvalue weighted by Gasteiger charge is -2.37. The molecule has 0 spiro atoms. The first-order valence-corrected chi connectivity index (χ1v) is 13.3. The quantitative estimate of drug-likeness (QED) is 0.258. The molecular weight excluding hydrogens is 527 g/mol. The average molecular weight is 552 g/mol. The molecule has 0 unspecified atom stereocenters. The number of halogens is 3. The molecule has 0 bridgehead atoms. The molecule has 1 aliphatic rings. The van der Waals surface area contributed by atoms with Crippen LogP contribution in [0.25, 0.3) is 32.7 Å². The lowest BCUT2D eigenvalue weighted by Crippen LogP contribution is -2.47. The lowest BCUT2D eigenvalue weighted by molar-refractivity contribution is -0.140. The first-order valence-electron chi connectivity index (χ1n) is 13.3. The fourth-order valence-corrected chi connectivity index (χ4v) is 5.30. The number of benzene rings is 3. The Balaban J connectivity index is 1.18. The summed E-state index contributed by atoms with van der Waals surface area (Å²) in [5.41, 5.74) is 2.59. The van der Waals surface area contributed by atoms with Crippen molar-refractivity contribution in [1.82, 2.24) is 19.9 Å². The van der Waals surface area contributed by atoms with Gasteiger partial charge in [0, 0.05) is 59.9 Å². The Kier molecular flexibility index (Phi) is 6.03. The van der Waals surface area contributed by atoms with Gasteiger partial charge < -0.3 is 15.1 Å². The molecular formula is C31H24F3N7. The van der Waals surface area contributed by atoms with Crippen molar-refractivity contribution in [1.29, 1.82) is 0 Å². The summed E-state index contributed by atoms with van der Waals surface area (Å²) in [5, 5.41) is 6.08. The van der Waals surface area contributed by atoms with E-state index in [1.165, 1.54) is 0 Å². The predicted octanol–water partition coefficient (Wildman–Crippen LogP) is 6.82. The Morgan fingerprint density at radius 1 is 0.659 bits per heavy atom. The Bertz CT molecular complexity index is 1900. The van der Waals surface area contributed by atoms with Crippen molar-refractivity contribution in [2.24, 2.45) is 0 Å². The van der Waals surface area contributed by atoms with Crippen LogP contribution in [-0.4, -0.2) is 46.1 Å². The van der Waals surface area contributed by atoms with Crippen molar-refractivity contribution in [3.05, 3.63) is 96.8 Å². The Hall–Kier alpha value is -4.99. The van der Waals surface area contributed by atoms with Crippen LogP contribution in [-0.2, 0) is 6.18 Å². The zero-order valence-electron chi connectivity index (χ0n) is 21.8. The standard InChI is InChI=1S/C31H24F3N7/c32-31(33,34)28-19-27(22-7-1-3-9-25(22)37-28)40-14-16-41(17-15-40)30-38-26-10-4-2-8-23(26)29(39-30)36-21-11-12-24-20(18-21)6-5-13-35-24/h1-13,18-19H,14-17H2,(H,36,38,39). The van der Waals surface area contributed by atoms with Gasteiger partial charge in [-0.15, -0.1) is 0 Å². The molecule has 3 aromatic carbocycles. The molecule has 0 radical (unpaired) electrons. The van der Waals surface area contributed by atoms with Gasteiger partial charge in [-0.3, -0.25) is 4.98 Å². The number of rotatable bonds is 4. The Labute approximate surface area is 233 Å². The first-order chi connectivity index (χ1) is 19.9. The van der Waals surface area contributed by atoms with Crippen LogP contribution in [0.2, 0.25) is 0 Å². The lowest BCUT2D eigenvalue weighted by atomic mass is 10.1. The molecule has 41 heavy (non-hydrogen) atoms. The highest BCUT2D eigenvalue weighted by Gasteiger charge is 2.34. The molecule has 0 amide bonds. The third-order valence-electron chi connectivity index (χ3n) is 7.35. The number of para-hydroxylation sites is 2. The van der Waals surface area contributed by atoms with Crippen LogP contribution >= 0.6 is 0 Å². The minimum absolute atomic E-state index is 0.331. The minimum atomic E-state index is -4.52. The summed E-state index contributed by atoms with van der Waals surface area (Å²) in [7, 11) is 0. The molecule has 0 saturated carbocycles. The fraction of sp³-hybridized carbons (Fsp3) is 0.161. The molecule has 7 rings (SSSR count). The monoisotopic (exact) mass is 551 g/mol. The van der Waals surface area contributed by atoms with Crippen LogP contribution in [0.4, 0.5) is 36.3 Å². The van der Waals surface area contributed by atoms with Gasteiger partial charge in [-0.05, 0) is 48.5 Å². The van der Waals surface area contributed by atoms with Crippen LogP contribution < -0.4 is 15.1 Å². The number of alkyl halides is 3. The van der Waals surface area contributed by atoms with Crippen LogP contribution in [0.3, 0.4) is 0 Å². The fourth-order valence-electron chi connectivity index (χ4n) is 5.30. The summed E-state index contributed by atoms with van der Waals surface area (Å²) in [5.74, 6) is 1.26. The smallest absolute Gasteiger partial charge is 0.367 e. The predicted molar refractivity (Wildman–Crippen MR) is 156 cm³/mol. The number of hydrogen-bond acceptors (Lipinski definition) is 7. The summed E-state index contributed by atoms with van der Waals surface area (Å²) in [6, 6.07) is 25.8. The second-order valence-electron chi connectivity index (χ2n) is 9.94. The van der Waals surface area contributed by atoms with Crippen LogP contribution in [0.5, 0.6) is 0 Å². The Morgan fingerprint density at radius 3 is 2.15 bits per heavy atom. The summed E-state index contributed by atoms with van der Waals surface area (Å²) in [4.78, 5) is 22.1. The van der Waals surface area contributed by atoms with Crippen molar-refractivity contribution in [2.75, 3.05) is 41.3 Å². The molecule has 6 aromatic rings. The molecule has 1 N–H and O–H groups in total. The van der Waals surface area contributed by atoms with E-state index in [1.807, 2.05) is 71.6 Å². The maximum atomic E-state index is 13.6. The van der Waals surface area contributed by atoms with E-state index >= 15 is 0 Å². The number of hydrogen-bond donors (Lipinski definition) is 1. The third-order valence-corrected chi connectivity index (χ3v) is 7.35. The molecule has 204 valence electrons. The van der Waals surface area contributed by atoms with E-state index in [0.29, 0.717) is 54.5 Å². The molecule has 0 aliphatic carbocycles. The SMILES string of the molecule is FC(F)(F)c1cc(N2CCN(c3nc(Nc4ccc5ncccc5c4)c4ccccc4n3)CC2)c2ccccc2n1. The van der Waals surface area contributed by atoms with Crippen molar-refractivity contribution >= 4 is 55.8 Å². The van der Waals surface area contributed by atoms with Crippen molar-refractivity contribution in [3.8, 4) is 0 Å². The maximum absolute atomic E-state index is 13.6. The first kappa shape index (κ1) is 25.0. The normalized spacial score (nSPS) is 14.2. The molecule has 1 saturated heterocycles. The summed E-state index contributed by atoms with van der Waals surface area (Å²) in [6.07, 6.45) is -2.75. The molecule has 1 aliphatic heterocycles. The number of fused-ring (bicyclic) bond motifs is 3. The Morgan fingerprint density at radius 2 is 1.37 bits per heavy atom. The van der Waals surface area contributed by atoms with E-state index in [-0.39, 0.29) is 0 Å². The van der Waals surface area contributed by atoms with Gasteiger partial charge >= 0.3 is 6.18 Å². The van der Waals surface area contributed by atoms with Crippen molar-refractivity contribution in [3.63, 3.8) is 0 Å². The van der Waals surface area contributed by atoms with Gasteiger partial charge in [0.2, 0.25) is 5.95 Å². The van der Waals surface area contributed by atoms with Gasteiger partial charge in [0.15, 0.2) is 0 Å². The number of piperazine rings is 1. The van der Waals surface area contributed by atoms with Crippen molar-refractivity contribution in [2.45, 2.75) is 6.18 Å². The molecule has 3 aromatic heterocycles. The second-order valence-corrected chi connectivity index (χ2v) is 9.94. The zero-order valence-corrected chi connectivity index (χ0v) is 21.8. The van der Waals surface area contributed by atoms with Crippen molar-refractivity contribution < 1.29 is 13.2 Å². The van der Waals surface area contributed by atoms with Gasteiger partial charge in [0.25, 0.3) is 0 Å². The molecule has 1 fully saturated rings. The van der Waals surface area contributed by atoms with E-state index < -0.39 is 11.9 Å². The van der Waals surface area contributed by atoms with E-state index in [0.717, 1.165) is 33.6 Å². The topological polar surface area (TPSA) is 70.1 Å². The highest BCUT2D eigenvalue weighted by atomic mass is 19.4. The van der Waals surface area contributed by atoms with Gasteiger partial charge in [-0.25, -0.2) is 9.97 Å². The molecule has 10 heteroatoms. The van der Waals surface area contributed by atoms with E-state index in [4.69, 9.17) is 9.97 Å². The molecule has 7 nitrogen and oxygen atoms in total. The highest BCUT2D eigenvalue weighted by Crippen LogP contribution is 2.35. The maximum Gasteiger partial charge on any atom is 0.433 e. The average Bonchev–Trinajstić information content (AvgIpc) is 3.00.